The molecule has 3 aromatic heterocycles. The number of rotatable bonds is 7. The van der Waals surface area contributed by atoms with Crippen molar-refractivity contribution in [3.05, 3.63) is 71.0 Å². The summed E-state index contributed by atoms with van der Waals surface area (Å²) in [6, 6.07) is 10.2. The van der Waals surface area contributed by atoms with Crippen LogP contribution in [0.3, 0.4) is 0 Å². The maximum atomic E-state index is 12.0. The minimum absolute atomic E-state index is 0.0206. The standard InChI is InChI=1S/C32H30O11/c1-30(2,35)23(33)15-38-28-19-7-10-32(41-22(19)14-21-20(28)9-12-36-21)42-24(31(3,4)43-32)16-39-29-26-18(8-11-37-26)13-17-5-6-25(34)40-27(17)29/h5-14,23-24,33,35H,15-16H2,1-4H3/t23?,24-,32+/m1/s1. The smallest absolute Gasteiger partial charge is 0.350 e. The lowest BCUT2D eigenvalue weighted by Gasteiger charge is -2.31. The van der Waals surface area contributed by atoms with Crippen molar-refractivity contribution in [3.63, 3.8) is 0 Å². The molecule has 0 bridgehead atoms. The van der Waals surface area contributed by atoms with Crippen LogP contribution in [0.2, 0.25) is 0 Å². The summed E-state index contributed by atoms with van der Waals surface area (Å²) >= 11 is 0. The number of fused-ring (bicyclic) bond motifs is 4. The fourth-order valence-electron chi connectivity index (χ4n) is 5.26. The van der Waals surface area contributed by atoms with E-state index >= 15 is 0 Å². The second kappa shape index (κ2) is 9.61. The van der Waals surface area contributed by atoms with Crippen molar-refractivity contribution < 1.29 is 47.1 Å². The Bertz CT molecular complexity index is 1940. The molecule has 11 nitrogen and oxygen atoms in total. The van der Waals surface area contributed by atoms with Crippen LogP contribution in [0, 0.1) is 0 Å². The Morgan fingerprint density at radius 1 is 1.00 bits per heavy atom. The second-order valence-electron chi connectivity index (χ2n) is 11.8. The Morgan fingerprint density at radius 2 is 1.79 bits per heavy atom. The van der Waals surface area contributed by atoms with Gasteiger partial charge in [0, 0.05) is 29.0 Å². The maximum Gasteiger partial charge on any atom is 0.350 e. The van der Waals surface area contributed by atoms with Gasteiger partial charge in [-0.1, -0.05) is 0 Å². The summed E-state index contributed by atoms with van der Waals surface area (Å²) < 4.78 is 48.0. The van der Waals surface area contributed by atoms with Crippen LogP contribution in [0.5, 0.6) is 17.2 Å². The molecule has 0 aliphatic carbocycles. The van der Waals surface area contributed by atoms with Gasteiger partial charge in [0.2, 0.25) is 5.75 Å². The predicted molar refractivity (Wildman–Crippen MR) is 154 cm³/mol. The lowest BCUT2D eigenvalue weighted by molar-refractivity contribution is -0.271. The molecule has 7 rings (SSSR count). The van der Waals surface area contributed by atoms with Gasteiger partial charge >= 0.3 is 11.6 Å². The molecule has 2 aliphatic rings. The van der Waals surface area contributed by atoms with Crippen molar-refractivity contribution in [1.82, 2.24) is 0 Å². The van der Waals surface area contributed by atoms with E-state index in [0.29, 0.717) is 39.0 Å². The molecule has 3 atom stereocenters. The van der Waals surface area contributed by atoms with Crippen LogP contribution < -0.4 is 19.8 Å². The number of aliphatic hydroxyl groups is 2. The topological polar surface area (TPSA) is 143 Å². The summed E-state index contributed by atoms with van der Waals surface area (Å²) in [5.41, 5.74) is -0.928. The molecule has 5 heterocycles. The first-order chi connectivity index (χ1) is 20.4. The van der Waals surface area contributed by atoms with E-state index in [9.17, 15) is 15.0 Å². The molecule has 43 heavy (non-hydrogen) atoms. The summed E-state index contributed by atoms with van der Waals surface area (Å²) in [7, 11) is 0. The minimum Gasteiger partial charge on any atom is -0.489 e. The van der Waals surface area contributed by atoms with Crippen LogP contribution >= 0.6 is 0 Å². The zero-order valence-corrected chi connectivity index (χ0v) is 23.9. The molecule has 2 aliphatic heterocycles. The van der Waals surface area contributed by atoms with E-state index < -0.39 is 35.0 Å². The lowest BCUT2D eigenvalue weighted by Crippen LogP contribution is -2.40. The molecule has 0 saturated carbocycles. The third-order valence-corrected chi connectivity index (χ3v) is 7.77. The zero-order chi connectivity index (χ0) is 30.1. The molecular formula is C32H30O11. The van der Waals surface area contributed by atoms with Crippen molar-refractivity contribution >= 4 is 39.0 Å². The summed E-state index contributed by atoms with van der Waals surface area (Å²) in [5.74, 6) is -0.493. The molecule has 2 N–H and O–H groups in total. The summed E-state index contributed by atoms with van der Waals surface area (Å²) in [4.78, 5) is 12.0. The summed E-state index contributed by atoms with van der Waals surface area (Å²) in [5, 5.41) is 22.7. The van der Waals surface area contributed by atoms with E-state index in [4.69, 9.17) is 36.9 Å². The van der Waals surface area contributed by atoms with Gasteiger partial charge in [0.05, 0.1) is 34.7 Å². The van der Waals surface area contributed by atoms with Crippen LogP contribution in [0.4, 0.5) is 0 Å². The zero-order valence-electron chi connectivity index (χ0n) is 23.9. The van der Waals surface area contributed by atoms with Crippen LogP contribution in [0.15, 0.2) is 73.0 Å². The quantitative estimate of drug-likeness (QED) is 0.244. The monoisotopic (exact) mass is 590 g/mol. The van der Waals surface area contributed by atoms with E-state index in [0.717, 1.165) is 5.39 Å². The Morgan fingerprint density at radius 3 is 2.60 bits per heavy atom. The number of furan rings is 2. The van der Waals surface area contributed by atoms with Crippen LogP contribution in [-0.2, 0) is 9.47 Å². The van der Waals surface area contributed by atoms with E-state index in [1.165, 1.54) is 26.2 Å². The molecule has 1 spiro atoms. The molecule has 1 unspecified atom stereocenters. The normalized spacial score (nSPS) is 21.9. The molecule has 5 aromatic rings. The van der Waals surface area contributed by atoms with Gasteiger partial charge in [0.1, 0.15) is 42.5 Å². The number of benzene rings is 2. The highest BCUT2D eigenvalue weighted by atomic mass is 16.9. The van der Waals surface area contributed by atoms with Crippen molar-refractivity contribution in [2.75, 3.05) is 13.2 Å². The molecule has 1 fully saturated rings. The first-order valence-corrected chi connectivity index (χ1v) is 13.8. The molecule has 0 amide bonds. The largest absolute Gasteiger partial charge is 0.489 e. The maximum absolute atomic E-state index is 12.0. The average molecular weight is 591 g/mol. The fourth-order valence-corrected chi connectivity index (χ4v) is 5.26. The Hall–Kier alpha value is -4.29. The van der Waals surface area contributed by atoms with Crippen LogP contribution in [0.1, 0.15) is 33.3 Å². The van der Waals surface area contributed by atoms with Crippen molar-refractivity contribution in [2.45, 2.75) is 57.1 Å². The fraction of sp³-hybridized carbons (Fsp3) is 0.344. The Balaban J connectivity index is 1.17. The van der Waals surface area contributed by atoms with Crippen molar-refractivity contribution in [3.8, 4) is 17.2 Å². The average Bonchev–Trinajstić information content (AvgIpc) is 3.66. The molecule has 0 radical (unpaired) electrons. The van der Waals surface area contributed by atoms with Gasteiger partial charge < -0.3 is 47.1 Å². The third-order valence-electron chi connectivity index (χ3n) is 7.77. The highest BCUT2D eigenvalue weighted by Gasteiger charge is 2.55. The molecule has 224 valence electrons. The molecule has 1 saturated heterocycles. The molecule has 2 aromatic carbocycles. The van der Waals surface area contributed by atoms with E-state index in [1.54, 1.807) is 42.7 Å². The van der Waals surface area contributed by atoms with Crippen LogP contribution in [0.25, 0.3) is 39.0 Å². The highest BCUT2D eigenvalue weighted by Crippen LogP contribution is 2.48. The highest BCUT2D eigenvalue weighted by molar-refractivity contribution is 6.00. The van der Waals surface area contributed by atoms with Gasteiger partial charge in [-0.25, -0.2) is 4.79 Å². The SMILES string of the molecule is CC(C)(O)C(O)COc1c2c(cc3occc13)O[C@@]1(C=C2)O[C@H](COc2c3occc3cc3ccc(=O)oc23)C(C)(C)O1. The van der Waals surface area contributed by atoms with Gasteiger partial charge in [-0.15, -0.1) is 0 Å². The number of aliphatic hydroxyl groups excluding tert-OH is 1. The van der Waals surface area contributed by atoms with Crippen LogP contribution in [-0.4, -0.2) is 52.8 Å². The third kappa shape index (κ3) is 4.74. The van der Waals surface area contributed by atoms with E-state index in [2.05, 4.69) is 0 Å². The first kappa shape index (κ1) is 27.5. The van der Waals surface area contributed by atoms with Gasteiger partial charge in [-0.05, 0) is 58.0 Å². The number of ether oxygens (including phenoxy) is 5. The Labute approximate surface area is 244 Å². The molecular weight excluding hydrogens is 560 g/mol. The van der Waals surface area contributed by atoms with Gasteiger partial charge in [-0.2, -0.15) is 0 Å². The van der Waals surface area contributed by atoms with E-state index in [1.807, 2.05) is 19.9 Å². The minimum atomic E-state index is -1.58. The number of hydrogen-bond acceptors (Lipinski definition) is 11. The van der Waals surface area contributed by atoms with Crippen molar-refractivity contribution in [2.24, 2.45) is 0 Å². The summed E-state index contributed by atoms with van der Waals surface area (Å²) in [6.07, 6.45) is 4.72. The van der Waals surface area contributed by atoms with E-state index in [-0.39, 0.29) is 24.5 Å². The number of hydrogen-bond donors (Lipinski definition) is 2. The second-order valence-corrected chi connectivity index (χ2v) is 11.8. The van der Waals surface area contributed by atoms with Gasteiger partial charge in [-0.3, -0.25) is 0 Å². The summed E-state index contributed by atoms with van der Waals surface area (Å²) in [6.45, 7) is 6.59. The lowest BCUT2D eigenvalue weighted by atomic mass is 10.0. The molecule has 11 heteroatoms. The Kier molecular flexibility index (Phi) is 6.16. The van der Waals surface area contributed by atoms with Gasteiger partial charge in [0.25, 0.3) is 0 Å². The van der Waals surface area contributed by atoms with Crippen molar-refractivity contribution in [1.29, 1.82) is 0 Å². The van der Waals surface area contributed by atoms with Gasteiger partial charge in [0.15, 0.2) is 11.2 Å². The predicted octanol–water partition coefficient (Wildman–Crippen LogP) is 5.13. The first-order valence-electron chi connectivity index (χ1n) is 13.8.